The first-order valence-corrected chi connectivity index (χ1v) is 8.43. The van der Waals surface area contributed by atoms with Gasteiger partial charge in [0.15, 0.2) is 11.5 Å². The van der Waals surface area contributed by atoms with E-state index >= 15 is 0 Å². The van der Waals surface area contributed by atoms with Gasteiger partial charge in [-0.3, -0.25) is 23.5 Å². The van der Waals surface area contributed by atoms with E-state index in [4.69, 9.17) is 9.47 Å². The lowest BCUT2D eigenvalue weighted by atomic mass is 10.2. The minimum absolute atomic E-state index is 0.268. The third-order valence-corrected chi connectivity index (χ3v) is 4.08. The van der Waals surface area contributed by atoms with E-state index in [1.807, 2.05) is 6.07 Å². The van der Waals surface area contributed by atoms with Gasteiger partial charge in [0.1, 0.15) is 6.54 Å². The first kappa shape index (κ1) is 19.0. The van der Waals surface area contributed by atoms with E-state index in [-0.39, 0.29) is 6.54 Å². The van der Waals surface area contributed by atoms with Gasteiger partial charge in [-0.25, -0.2) is 0 Å². The first-order chi connectivity index (χ1) is 13.5. The van der Waals surface area contributed by atoms with Crippen molar-refractivity contribution in [3.63, 3.8) is 0 Å². The maximum absolute atomic E-state index is 12.5. The Labute approximate surface area is 160 Å². The molecule has 144 valence electrons. The van der Waals surface area contributed by atoms with Gasteiger partial charge in [0.05, 0.1) is 19.9 Å². The molecule has 0 unspecified atom stereocenters. The molecule has 1 N–H and O–H groups in total. The Balaban J connectivity index is 1.86. The quantitative estimate of drug-likeness (QED) is 0.656. The zero-order valence-electron chi connectivity index (χ0n) is 15.4. The molecule has 0 aliphatic heterocycles. The van der Waals surface area contributed by atoms with Crippen LogP contribution in [0.1, 0.15) is 0 Å². The second-order valence-electron chi connectivity index (χ2n) is 5.86. The second kappa shape index (κ2) is 8.26. The maximum Gasteiger partial charge on any atom is 0.320 e. The van der Waals surface area contributed by atoms with Crippen LogP contribution in [0, 0.1) is 0 Å². The van der Waals surface area contributed by atoms with E-state index in [0.29, 0.717) is 22.9 Å². The Morgan fingerprint density at radius 3 is 2.32 bits per heavy atom. The summed E-state index contributed by atoms with van der Waals surface area (Å²) < 4.78 is 12.7. The van der Waals surface area contributed by atoms with Gasteiger partial charge in [-0.15, -0.1) is 0 Å². The minimum atomic E-state index is -0.805. The molecule has 3 aromatic rings. The standard InChI is InChI=1S/C20H19N3O5/c1-27-16-9-8-15(12-17(16)28-2)23-11-10-22(19(25)20(23)26)13-18(24)21-14-6-4-3-5-7-14/h3-12H,13H2,1-2H3,(H,21,24). The number of nitrogens with one attached hydrogen (secondary N) is 1. The number of carbonyl (C=O) groups excluding carboxylic acids is 1. The number of benzene rings is 2. The molecule has 0 fully saturated rings. The van der Waals surface area contributed by atoms with Crippen molar-refractivity contribution in [2.75, 3.05) is 19.5 Å². The highest BCUT2D eigenvalue weighted by molar-refractivity contribution is 5.90. The zero-order valence-corrected chi connectivity index (χ0v) is 15.4. The number of aromatic nitrogens is 2. The number of anilines is 1. The molecule has 0 spiro atoms. The van der Waals surface area contributed by atoms with E-state index < -0.39 is 17.0 Å². The number of hydrogen-bond donors (Lipinski definition) is 1. The van der Waals surface area contributed by atoms with Gasteiger partial charge in [0.2, 0.25) is 5.91 Å². The third-order valence-electron chi connectivity index (χ3n) is 4.08. The summed E-state index contributed by atoms with van der Waals surface area (Å²) in [4.78, 5) is 37.1. The van der Waals surface area contributed by atoms with Crippen LogP contribution in [0.15, 0.2) is 70.5 Å². The predicted octanol–water partition coefficient (Wildman–Crippen LogP) is 1.66. The topological polar surface area (TPSA) is 91.6 Å². The molecular weight excluding hydrogens is 362 g/mol. The van der Waals surface area contributed by atoms with Gasteiger partial charge in [0.25, 0.3) is 0 Å². The molecule has 0 aliphatic carbocycles. The maximum atomic E-state index is 12.5. The van der Waals surface area contributed by atoms with Gasteiger partial charge in [-0.2, -0.15) is 0 Å². The number of amides is 1. The largest absolute Gasteiger partial charge is 0.493 e. The second-order valence-corrected chi connectivity index (χ2v) is 5.86. The molecule has 1 amide bonds. The van der Waals surface area contributed by atoms with Gasteiger partial charge in [0, 0.05) is 24.1 Å². The van der Waals surface area contributed by atoms with Crippen LogP contribution in [0.5, 0.6) is 11.5 Å². The summed E-state index contributed by atoms with van der Waals surface area (Å²) in [6.07, 6.45) is 2.83. The third kappa shape index (κ3) is 3.96. The molecular formula is C20H19N3O5. The van der Waals surface area contributed by atoms with Crippen molar-refractivity contribution in [2.24, 2.45) is 0 Å². The highest BCUT2D eigenvalue weighted by Gasteiger charge is 2.12. The Hall–Kier alpha value is -3.81. The lowest BCUT2D eigenvalue weighted by Crippen LogP contribution is -2.41. The van der Waals surface area contributed by atoms with Gasteiger partial charge < -0.3 is 14.8 Å². The summed E-state index contributed by atoms with van der Waals surface area (Å²) in [6.45, 7) is -0.268. The van der Waals surface area contributed by atoms with Crippen LogP contribution in [-0.4, -0.2) is 29.3 Å². The zero-order chi connectivity index (χ0) is 20.1. The lowest BCUT2D eigenvalue weighted by Gasteiger charge is -2.12. The van der Waals surface area contributed by atoms with Crippen molar-refractivity contribution in [1.82, 2.24) is 9.13 Å². The average molecular weight is 381 g/mol. The Bertz CT molecular complexity index is 1100. The Morgan fingerprint density at radius 2 is 1.64 bits per heavy atom. The van der Waals surface area contributed by atoms with Crippen LogP contribution >= 0.6 is 0 Å². The fourth-order valence-electron chi connectivity index (χ4n) is 2.69. The fraction of sp³-hybridized carbons (Fsp3) is 0.150. The molecule has 8 heteroatoms. The van der Waals surface area contributed by atoms with Crippen LogP contribution in [0.25, 0.3) is 5.69 Å². The lowest BCUT2D eigenvalue weighted by molar-refractivity contribution is -0.116. The monoisotopic (exact) mass is 381 g/mol. The summed E-state index contributed by atoms with van der Waals surface area (Å²) in [5.41, 5.74) is -0.525. The number of hydrogen-bond acceptors (Lipinski definition) is 5. The molecule has 0 bridgehead atoms. The van der Waals surface area contributed by atoms with Gasteiger partial charge in [-0.1, -0.05) is 18.2 Å². The van der Waals surface area contributed by atoms with Crippen LogP contribution < -0.4 is 25.9 Å². The number of rotatable bonds is 6. The molecule has 28 heavy (non-hydrogen) atoms. The van der Waals surface area contributed by atoms with Gasteiger partial charge >= 0.3 is 11.1 Å². The predicted molar refractivity (Wildman–Crippen MR) is 104 cm³/mol. The number of methoxy groups -OCH3 is 2. The normalized spacial score (nSPS) is 10.4. The molecule has 0 saturated heterocycles. The van der Waals surface area contributed by atoms with Crippen molar-refractivity contribution in [1.29, 1.82) is 0 Å². The van der Waals surface area contributed by atoms with E-state index in [1.165, 1.54) is 31.2 Å². The van der Waals surface area contributed by atoms with Gasteiger partial charge in [-0.05, 0) is 24.3 Å². The number of para-hydroxylation sites is 1. The smallest absolute Gasteiger partial charge is 0.320 e. The summed E-state index contributed by atoms with van der Waals surface area (Å²) in [7, 11) is 2.99. The number of nitrogens with zero attached hydrogens (tertiary/aromatic N) is 2. The molecule has 1 aromatic heterocycles. The summed E-state index contributed by atoms with van der Waals surface area (Å²) in [5, 5.41) is 2.67. The van der Waals surface area contributed by atoms with Crippen molar-refractivity contribution in [2.45, 2.75) is 6.54 Å². The number of ether oxygens (including phenoxy) is 2. The van der Waals surface area contributed by atoms with Crippen LogP contribution in [0.4, 0.5) is 5.69 Å². The van der Waals surface area contributed by atoms with E-state index in [0.717, 1.165) is 4.57 Å². The molecule has 0 radical (unpaired) electrons. The van der Waals surface area contributed by atoms with Crippen LogP contribution in [0.2, 0.25) is 0 Å². The highest BCUT2D eigenvalue weighted by Crippen LogP contribution is 2.28. The van der Waals surface area contributed by atoms with E-state index in [1.54, 1.807) is 42.5 Å². The Morgan fingerprint density at radius 1 is 0.929 bits per heavy atom. The minimum Gasteiger partial charge on any atom is -0.493 e. The summed E-state index contributed by atoms with van der Waals surface area (Å²) in [6, 6.07) is 13.7. The molecule has 0 aliphatic rings. The molecule has 2 aromatic carbocycles. The summed E-state index contributed by atoms with van der Waals surface area (Å²) in [5.74, 6) is 0.528. The summed E-state index contributed by atoms with van der Waals surface area (Å²) >= 11 is 0. The average Bonchev–Trinajstić information content (AvgIpc) is 2.72. The molecule has 1 heterocycles. The first-order valence-electron chi connectivity index (χ1n) is 8.43. The molecule has 0 saturated carbocycles. The van der Waals surface area contributed by atoms with Crippen LogP contribution in [0.3, 0.4) is 0 Å². The van der Waals surface area contributed by atoms with Crippen LogP contribution in [-0.2, 0) is 11.3 Å². The van der Waals surface area contributed by atoms with Crippen molar-refractivity contribution < 1.29 is 14.3 Å². The molecule has 8 nitrogen and oxygen atoms in total. The molecule has 3 rings (SSSR count). The fourth-order valence-corrected chi connectivity index (χ4v) is 2.69. The molecule has 0 atom stereocenters. The Kier molecular flexibility index (Phi) is 5.59. The highest BCUT2D eigenvalue weighted by atomic mass is 16.5. The van der Waals surface area contributed by atoms with E-state index in [2.05, 4.69) is 5.32 Å². The van der Waals surface area contributed by atoms with Crippen molar-refractivity contribution in [3.05, 3.63) is 81.6 Å². The van der Waals surface area contributed by atoms with Crippen molar-refractivity contribution >= 4 is 11.6 Å². The van der Waals surface area contributed by atoms with E-state index in [9.17, 15) is 14.4 Å². The van der Waals surface area contributed by atoms with Crippen molar-refractivity contribution in [3.8, 4) is 17.2 Å². The number of carbonyl (C=O) groups is 1. The SMILES string of the molecule is COc1ccc(-n2ccn(CC(=O)Nc3ccccc3)c(=O)c2=O)cc1OC.